The van der Waals surface area contributed by atoms with Gasteiger partial charge in [0.1, 0.15) is 0 Å². The van der Waals surface area contributed by atoms with Crippen LogP contribution < -0.4 is 10.2 Å². The minimum atomic E-state index is -0.332. The van der Waals surface area contributed by atoms with Gasteiger partial charge in [0.05, 0.1) is 12.3 Å². The molecule has 0 unspecified atom stereocenters. The van der Waals surface area contributed by atoms with Crippen LogP contribution in [-0.4, -0.2) is 24.3 Å². The van der Waals surface area contributed by atoms with E-state index in [9.17, 15) is 9.59 Å². The van der Waals surface area contributed by atoms with Gasteiger partial charge in [0, 0.05) is 32.3 Å². The molecule has 0 atom stereocenters. The first-order valence-corrected chi connectivity index (χ1v) is 7.99. The third-order valence-corrected chi connectivity index (χ3v) is 3.63. The molecule has 22 heavy (non-hydrogen) atoms. The number of unbranched alkanes of at least 4 members (excludes halogenated alkanes) is 4. The summed E-state index contributed by atoms with van der Waals surface area (Å²) in [6.07, 6.45) is 7.38. The Bertz CT molecular complexity index is 522. The zero-order valence-corrected chi connectivity index (χ0v) is 13.9. The summed E-state index contributed by atoms with van der Waals surface area (Å²) in [4.78, 5) is 23.8. The second kappa shape index (κ2) is 10.2. The van der Waals surface area contributed by atoms with Gasteiger partial charge in [-0.2, -0.15) is 0 Å². The van der Waals surface area contributed by atoms with E-state index in [0.29, 0.717) is 25.3 Å². The Labute approximate surface area is 132 Å². The van der Waals surface area contributed by atoms with Crippen LogP contribution in [0.4, 0.5) is 0 Å². The SMILES string of the molecule is CCCCCCCC(=O)Oc1c(C)n(CCOC)ccc1=O. The summed E-state index contributed by atoms with van der Waals surface area (Å²) in [6.45, 7) is 5.08. The highest BCUT2D eigenvalue weighted by atomic mass is 16.5. The minimum Gasteiger partial charge on any atom is -0.420 e. The second-order valence-electron chi connectivity index (χ2n) is 5.42. The number of nitrogens with zero attached hydrogens (tertiary/aromatic N) is 1. The molecule has 0 aliphatic rings. The number of hydrogen-bond donors (Lipinski definition) is 0. The Morgan fingerprint density at radius 3 is 2.64 bits per heavy atom. The van der Waals surface area contributed by atoms with E-state index in [1.54, 1.807) is 20.2 Å². The molecule has 124 valence electrons. The van der Waals surface area contributed by atoms with Crippen molar-refractivity contribution in [3.63, 3.8) is 0 Å². The van der Waals surface area contributed by atoms with Crippen LogP contribution in [0, 0.1) is 6.92 Å². The summed E-state index contributed by atoms with van der Waals surface area (Å²) < 4.78 is 12.2. The van der Waals surface area contributed by atoms with Crippen molar-refractivity contribution in [2.75, 3.05) is 13.7 Å². The van der Waals surface area contributed by atoms with Crippen molar-refractivity contribution in [3.05, 3.63) is 28.2 Å². The predicted molar refractivity (Wildman–Crippen MR) is 86.3 cm³/mol. The Morgan fingerprint density at radius 1 is 1.23 bits per heavy atom. The van der Waals surface area contributed by atoms with Gasteiger partial charge in [-0.3, -0.25) is 9.59 Å². The molecule has 1 aromatic heterocycles. The number of ether oxygens (including phenoxy) is 2. The van der Waals surface area contributed by atoms with E-state index >= 15 is 0 Å². The van der Waals surface area contributed by atoms with Crippen LogP contribution in [0.15, 0.2) is 17.1 Å². The normalized spacial score (nSPS) is 10.7. The third kappa shape index (κ3) is 6.02. The topological polar surface area (TPSA) is 57.5 Å². The molecule has 0 saturated heterocycles. The quantitative estimate of drug-likeness (QED) is 0.492. The van der Waals surface area contributed by atoms with Crippen LogP contribution in [0.2, 0.25) is 0 Å². The maximum absolute atomic E-state index is 11.9. The number of hydrogen-bond acceptors (Lipinski definition) is 4. The van der Waals surface area contributed by atoms with E-state index in [2.05, 4.69) is 6.92 Å². The lowest BCUT2D eigenvalue weighted by atomic mass is 10.1. The van der Waals surface area contributed by atoms with Gasteiger partial charge < -0.3 is 14.0 Å². The second-order valence-corrected chi connectivity index (χ2v) is 5.42. The lowest BCUT2D eigenvalue weighted by Crippen LogP contribution is -2.19. The van der Waals surface area contributed by atoms with Gasteiger partial charge in [0.2, 0.25) is 5.43 Å². The molecule has 0 spiro atoms. The van der Waals surface area contributed by atoms with Gasteiger partial charge in [-0.25, -0.2) is 0 Å². The number of carbonyl (C=O) groups excluding carboxylic acids is 1. The molecule has 1 heterocycles. The van der Waals surface area contributed by atoms with Gasteiger partial charge in [0.15, 0.2) is 5.75 Å². The highest BCUT2D eigenvalue weighted by Gasteiger charge is 2.13. The van der Waals surface area contributed by atoms with Crippen LogP contribution in [-0.2, 0) is 16.1 Å². The number of pyridine rings is 1. The van der Waals surface area contributed by atoms with Crippen LogP contribution in [0.5, 0.6) is 5.75 Å². The monoisotopic (exact) mass is 309 g/mol. The number of rotatable bonds is 10. The van der Waals surface area contributed by atoms with E-state index in [1.165, 1.54) is 18.9 Å². The van der Waals surface area contributed by atoms with Crippen molar-refractivity contribution in [2.45, 2.75) is 58.9 Å². The van der Waals surface area contributed by atoms with E-state index in [4.69, 9.17) is 9.47 Å². The van der Waals surface area contributed by atoms with Gasteiger partial charge in [-0.15, -0.1) is 0 Å². The number of esters is 1. The highest BCUT2D eigenvalue weighted by molar-refractivity contribution is 5.72. The standard InChI is InChI=1S/C17H27NO4/c1-4-5-6-7-8-9-16(20)22-17-14(2)18(12-13-21-3)11-10-15(17)19/h10-11H,4-9,12-13H2,1-3H3. The molecule has 5 heteroatoms. The summed E-state index contributed by atoms with van der Waals surface area (Å²) in [5.41, 5.74) is 0.398. The summed E-state index contributed by atoms with van der Waals surface area (Å²) in [6, 6.07) is 1.42. The molecule has 0 bridgehead atoms. The van der Waals surface area contributed by atoms with Gasteiger partial charge >= 0.3 is 5.97 Å². The fraction of sp³-hybridized carbons (Fsp3) is 0.647. The average molecular weight is 309 g/mol. The van der Waals surface area contributed by atoms with E-state index < -0.39 is 0 Å². The van der Waals surface area contributed by atoms with Gasteiger partial charge in [0.25, 0.3) is 0 Å². The molecule has 1 aromatic rings. The smallest absolute Gasteiger partial charge is 0.311 e. The molecule has 0 aromatic carbocycles. The zero-order valence-electron chi connectivity index (χ0n) is 13.9. The Kier molecular flexibility index (Phi) is 8.51. The Hall–Kier alpha value is -1.62. The van der Waals surface area contributed by atoms with Crippen molar-refractivity contribution in [2.24, 2.45) is 0 Å². The maximum atomic E-state index is 11.9. The molecule has 1 rings (SSSR count). The first-order chi connectivity index (χ1) is 10.6. The molecule has 0 N–H and O–H groups in total. The summed E-state index contributed by atoms with van der Waals surface area (Å²) >= 11 is 0. The minimum absolute atomic E-state index is 0.136. The van der Waals surface area contributed by atoms with Crippen molar-refractivity contribution >= 4 is 5.97 Å². The lowest BCUT2D eigenvalue weighted by molar-refractivity contribution is -0.134. The Balaban J connectivity index is 2.60. The maximum Gasteiger partial charge on any atom is 0.311 e. The first kappa shape index (κ1) is 18.4. The summed E-state index contributed by atoms with van der Waals surface area (Å²) in [5.74, 6) is -0.196. The Morgan fingerprint density at radius 2 is 1.95 bits per heavy atom. The summed E-state index contributed by atoms with van der Waals surface area (Å²) in [5, 5.41) is 0. The van der Waals surface area contributed by atoms with Gasteiger partial charge in [-0.1, -0.05) is 32.6 Å². The predicted octanol–water partition coefficient (Wildman–Crippen LogP) is 3.07. The average Bonchev–Trinajstić information content (AvgIpc) is 2.50. The molecule has 0 radical (unpaired) electrons. The number of methoxy groups -OCH3 is 1. The van der Waals surface area contributed by atoms with Gasteiger partial charge in [-0.05, 0) is 13.3 Å². The molecule has 0 amide bonds. The van der Waals surface area contributed by atoms with Crippen LogP contribution in [0.3, 0.4) is 0 Å². The molecule has 0 fully saturated rings. The van der Waals surface area contributed by atoms with Crippen molar-refractivity contribution < 1.29 is 14.3 Å². The number of aromatic nitrogens is 1. The molecule has 0 aliphatic heterocycles. The van der Waals surface area contributed by atoms with E-state index in [-0.39, 0.29) is 17.1 Å². The fourth-order valence-electron chi connectivity index (χ4n) is 2.25. The number of carbonyl (C=O) groups is 1. The van der Waals surface area contributed by atoms with Crippen molar-refractivity contribution in [1.82, 2.24) is 4.57 Å². The van der Waals surface area contributed by atoms with Crippen molar-refractivity contribution in [1.29, 1.82) is 0 Å². The molecular weight excluding hydrogens is 282 g/mol. The van der Waals surface area contributed by atoms with E-state index in [0.717, 1.165) is 19.3 Å². The molecule has 0 saturated carbocycles. The van der Waals surface area contributed by atoms with Crippen LogP contribution >= 0.6 is 0 Å². The van der Waals surface area contributed by atoms with Crippen LogP contribution in [0.25, 0.3) is 0 Å². The van der Waals surface area contributed by atoms with E-state index in [1.807, 2.05) is 4.57 Å². The first-order valence-electron chi connectivity index (χ1n) is 7.99. The third-order valence-electron chi connectivity index (χ3n) is 3.63. The zero-order chi connectivity index (χ0) is 16.4. The summed E-state index contributed by atoms with van der Waals surface area (Å²) in [7, 11) is 1.62. The molecular formula is C17H27NO4. The lowest BCUT2D eigenvalue weighted by Gasteiger charge is -2.13. The fourth-order valence-corrected chi connectivity index (χ4v) is 2.25. The van der Waals surface area contributed by atoms with Crippen LogP contribution in [0.1, 0.15) is 51.1 Å². The van der Waals surface area contributed by atoms with Crippen molar-refractivity contribution in [3.8, 4) is 5.75 Å². The molecule has 0 aliphatic carbocycles. The largest absolute Gasteiger partial charge is 0.420 e. The molecule has 5 nitrogen and oxygen atoms in total. The highest BCUT2D eigenvalue weighted by Crippen LogP contribution is 2.14.